The van der Waals surface area contributed by atoms with E-state index in [2.05, 4.69) is 35.6 Å². The highest BCUT2D eigenvalue weighted by Crippen LogP contribution is 2.24. The van der Waals surface area contributed by atoms with E-state index in [-0.39, 0.29) is 5.15 Å². The highest BCUT2D eigenvalue weighted by molar-refractivity contribution is 6.32. The first kappa shape index (κ1) is 15.9. The lowest BCUT2D eigenvalue weighted by atomic mass is 10.0. The second kappa shape index (κ2) is 7.43. The van der Waals surface area contributed by atoms with Gasteiger partial charge in [0.2, 0.25) is 0 Å². The van der Waals surface area contributed by atoms with Crippen LogP contribution < -0.4 is 4.90 Å². The predicted octanol–water partition coefficient (Wildman–Crippen LogP) is 3.51. The van der Waals surface area contributed by atoms with E-state index in [1.54, 1.807) is 6.92 Å². The van der Waals surface area contributed by atoms with Crippen molar-refractivity contribution in [3.63, 3.8) is 0 Å². The number of nitrogens with zero attached hydrogens (tertiary/aromatic N) is 3. The molecule has 106 valence electrons. The van der Waals surface area contributed by atoms with Crippen molar-refractivity contribution in [1.29, 1.82) is 0 Å². The Balaban J connectivity index is 3.13. The van der Waals surface area contributed by atoms with Crippen LogP contribution in [0.3, 0.4) is 0 Å². The minimum absolute atomic E-state index is 0.237. The molecule has 0 aliphatic heterocycles. The fraction of sp³-hybridized carbons (Fsp3) is 0.643. The van der Waals surface area contributed by atoms with Gasteiger partial charge in [-0.25, -0.2) is 9.97 Å². The van der Waals surface area contributed by atoms with Crippen molar-refractivity contribution in [1.82, 2.24) is 9.97 Å². The van der Waals surface area contributed by atoms with E-state index in [0.717, 1.165) is 32.2 Å². The van der Waals surface area contributed by atoms with Crippen LogP contribution in [0.1, 0.15) is 49.8 Å². The SMILES string of the molecule is CCC(CC)CN(CC)c1nc(C)nc(Cl)c1C=O. The summed E-state index contributed by atoms with van der Waals surface area (Å²) in [6, 6.07) is 0. The number of halogens is 1. The molecule has 0 N–H and O–H groups in total. The predicted molar refractivity (Wildman–Crippen MR) is 79.1 cm³/mol. The standard InChI is InChI=1S/C14H22ClN3O/c1-5-11(6-2)8-18(7-3)14-12(9-19)13(15)16-10(4)17-14/h9,11H,5-8H2,1-4H3. The summed E-state index contributed by atoms with van der Waals surface area (Å²) in [6.45, 7) is 9.89. The highest BCUT2D eigenvalue weighted by atomic mass is 35.5. The first-order chi connectivity index (χ1) is 9.07. The van der Waals surface area contributed by atoms with Crippen molar-refractivity contribution < 1.29 is 4.79 Å². The van der Waals surface area contributed by atoms with Gasteiger partial charge in [-0.15, -0.1) is 0 Å². The zero-order chi connectivity index (χ0) is 14.4. The fourth-order valence-electron chi connectivity index (χ4n) is 2.10. The van der Waals surface area contributed by atoms with Gasteiger partial charge in [-0.2, -0.15) is 0 Å². The third-order valence-electron chi connectivity index (χ3n) is 3.42. The minimum Gasteiger partial charge on any atom is -0.356 e. The monoisotopic (exact) mass is 283 g/mol. The van der Waals surface area contributed by atoms with Crippen molar-refractivity contribution in [2.75, 3.05) is 18.0 Å². The van der Waals surface area contributed by atoms with Crippen LogP contribution in [0.15, 0.2) is 0 Å². The van der Waals surface area contributed by atoms with Gasteiger partial charge in [-0.05, 0) is 19.8 Å². The largest absolute Gasteiger partial charge is 0.356 e. The van der Waals surface area contributed by atoms with E-state index in [1.807, 2.05) is 0 Å². The van der Waals surface area contributed by atoms with E-state index in [9.17, 15) is 4.79 Å². The summed E-state index contributed by atoms with van der Waals surface area (Å²) in [5, 5.41) is 0.237. The maximum Gasteiger partial charge on any atom is 0.156 e. The van der Waals surface area contributed by atoms with Gasteiger partial charge in [-0.1, -0.05) is 38.3 Å². The molecule has 0 aromatic carbocycles. The number of carbonyl (C=O) groups is 1. The molecule has 0 atom stereocenters. The first-order valence-corrected chi connectivity index (χ1v) is 7.19. The zero-order valence-electron chi connectivity index (χ0n) is 12.1. The normalized spacial score (nSPS) is 10.8. The van der Waals surface area contributed by atoms with E-state index in [0.29, 0.717) is 23.1 Å². The van der Waals surface area contributed by atoms with Gasteiger partial charge in [0.05, 0.1) is 5.56 Å². The quantitative estimate of drug-likeness (QED) is 0.567. The number of carbonyl (C=O) groups excluding carboxylic acids is 1. The van der Waals surface area contributed by atoms with Crippen molar-refractivity contribution in [2.45, 2.75) is 40.5 Å². The molecule has 0 saturated carbocycles. The molecule has 1 heterocycles. The molecular formula is C14H22ClN3O. The summed E-state index contributed by atoms with van der Waals surface area (Å²) < 4.78 is 0. The Bertz CT molecular complexity index is 433. The van der Waals surface area contributed by atoms with E-state index in [4.69, 9.17) is 11.6 Å². The lowest BCUT2D eigenvalue weighted by molar-refractivity contribution is 0.112. The fourth-order valence-corrected chi connectivity index (χ4v) is 2.35. The molecule has 0 saturated heterocycles. The van der Waals surface area contributed by atoms with Crippen molar-refractivity contribution in [2.24, 2.45) is 5.92 Å². The number of aromatic nitrogens is 2. The van der Waals surface area contributed by atoms with E-state index >= 15 is 0 Å². The van der Waals surface area contributed by atoms with E-state index in [1.165, 1.54) is 0 Å². The Labute approximate surface area is 120 Å². The molecule has 0 fully saturated rings. The molecule has 4 nitrogen and oxygen atoms in total. The van der Waals surface area contributed by atoms with Crippen LogP contribution in [0.25, 0.3) is 0 Å². The van der Waals surface area contributed by atoms with Crippen molar-refractivity contribution >= 4 is 23.7 Å². The molecular weight excluding hydrogens is 262 g/mol. The Morgan fingerprint density at radius 1 is 1.26 bits per heavy atom. The number of rotatable bonds is 7. The van der Waals surface area contributed by atoms with Crippen molar-refractivity contribution in [3.05, 3.63) is 16.5 Å². The van der Waals surface area contributed by atoms with E-state index < -0.39 is 0 Å². The van der Waals surface area contributed by atoms with Gasteiger partial charge in [-0.3, -0.25) is 4.79 Å². The van der Waals surface area contributed by atoms with Crippen LogP contribution in [0.5, 0.6) is 0 Å². The van der Waals surface area contributed by atoms with Crippen LogP contribution in [0.2, 0.25) is 5.15 Å². The summed E-state index contributed by atoms with van der Waals surface area (Å²) in [6.07, 6.45) is 2.97. The molecule has 0 radical (unpaired) electrons. The van der Waals surface area contributed by atoms with Crippen LogP contribution in [-0.2, 0) is 0 Å². The summed E-state index contributed by atoms with van der Waals surface area (Å²) in [5.41, 5.74) is 0.389. The van der Waals surface area contributed by atoms with Crippen LogP contribution in [0, 0.1) is 12.8 Å². The average Bonchev–Trinajstić information content (AvgIpc) is 2.39. The topological polar surface area (TPSA) is 46.1 Å². The van der Waals surface area contributed by atoms with Crippen LogP contribution in [0.4, 0.5) is 5.82 Å². The summed E-state index contributed by atoms with van der Waals surface area (Å²) in [7, 11) is 0. The molecule has 0 spiro atoms. The van der Waals surface area contributed by atoms with Gasteiger partial charge < -0.3 is 4.90 Å². The van der Waals surface area contributed by atoms with Gasteiger partial charge in [0, 0.05) is 13.1 Å². The summed E-state index contributed by atoms with van der Waals surface area (Å²) in [4.78, 5) is 21.8. The van der Waals surface area contributed by atoms with Gasteiger partial charge in [0.15, 0.2) is 6.29 Å². The molecule has 1 aromatic rings. The number of anilines is 1. The lowest BCUT2D eigenvalue weighted by Crippen LogP contribution is -2.31. The van der Waals surface area contributed by atoms with Gasteiger partial charge in [0.25, 0.3) is 0 Å². The second-order valence-electron chi connectivity index (χ2n) is 4.64. The second-order valence-corrected chi connectivity index (χ2v) is 5.00. The number of aryl methyl sites for hydroxylation is 1. The summed E-state index contributed by atoms with van der Waals surface area (Å²) in [5.74, 6) is 1.84. The Morgan fingerprint density at radius 2 is 1.89 bits per heavy atom. The third-order valence-corrected chi connectivity index (χ3v) is 3.71. The summed E-state index contributed by atoms with van der Waals surface area (Å²) >= 11 is 6.03. The number of aldehydes is 1. The average molecular weight is 284 g/mol. The molecule has 1 aromatic heterocycles. The minimum atomic E-state index is 0.237. The van der Waals surface area contributed by atoms with Crippen LogP contribution in [-0.4, -0.2) is 29.3 Å². The third kappa shape index (κ3) is 3.90. The molecule has 0 unspecified atom stereocenters. The highest BCUT2D eigenvalue weighted by Gasteiger charge is 2.18. The maximum atomic E-state index is 11.2. The van der Waals surface area contributed by atoms with Gasteiger partial charge >= 0.3 is 0 Å². The maximum absolute atomic E-state index is 11.2. The Kier molecular flexibility index (Phi) is 6.22. The molecule has 0 bridgehead atoms. The molecule has 5 heteroatoms. The molecule has 0 aliphatic carbocycles. The smallest absolute Gasteiger partial charge is 0.156 e. The molecule has 1 rings (SSSR count). The number of hydrogen-bond donors (Lipinski definition) is 0. The van der Waals surface area contributed by atoms with Gasteiger partial charge in [0.1, 0.15) is 16.8 Å². The molecule has 0 amide bonds. The molecule has 19 heavy (non-hydrogen) atoms. The molecule has 0 aliphatic rings. The Morgan fingerprint density at radius 3 is 2.37 bits per heavy atom. The van der Waals surface area contributed by atoms with Crippen LogP contribution >= 0.6 is 11.6 Å². The lowest BCUT2D eigenvalue weighted by Gasteiger charge is -2.27. The van der Waals surface area contributed by atoms with Crippen molar-refractivity contribution in [3.8, 4) is 0 Å². The first-order valence-electron chi connectivity index (χ1n) is 6.81. The number of hydrogen-bond acceptors (Lipinski definition) is 4. The Hall–Kier alpha value is -1.16. The zero-order valence-corrected chi connectivity index (χ0v) is 12.9.